The lowest BCUT2D eigenvalue weighted by Crippen LogP contribution is -2.20. The highest BCUT2D eigenvalue weighted by Crippen LogP contribution is 2.44. The molecule has 0 saturated carbocycles. The largest absolute Gasteiger partial charge is 0.459 e. The molecule has 0 radical (unpaired) electrons. The number of fused-ring (bicyclic) bond motifs is 1. The normalized spacial score (nSPS) is 13.9. The van der Waals surface area contributed by atoms with E-state index < -0.39 is 6.04 Å². The Morgan fingerprint density at radius 1 is 1.09 bits per heavy atom. The van der Waals surface area contributed by atoms with Crippen LogP contribution in [0.15, 0.2) is 53.1 Å². The summed E-state index contributed by atoms with van der Waals surface area (Å²) in [5.74, 6) is -0.0154. The summed E-state index contributed by atoms with van der Waals surface area (Å²) in [6, 6.07) is 11.3. The Bertz CT molecular complexity index is 1310. The molecule has 3 heterocycles. The lowest BCUT2D eigenvalue weighted by molar-refractivity contribution is 0.0997. The van der Waals surface area contributed by atoms with Crippen molar-refractivity contribution in [1.82, 2.24) is 9.97 Å². The molecule has 174 valence electrons. The minimum Gasteiger partial charge on any atom is -0.459 e. The van der Waals surface area contributed by atoms with Crippen LogP contribution in [0.25, 0.3) is 0 Å². The number of amides is 1. The molecule has 6 nitrogen and oxygen atoms in total. The maximum atomic E-state index is 15.2. The molecule has 2 N–H and O–H groups in total. The molecular formula is C26H25FN4O2S. The Labute approximate surface area is 201 Å². The molecule has 4 aromatic rings. The minimum atomic E-state index is -0.576. The molecule has 1 atom stereocenters. The molecule has 0 saturated heterocycles. The molecule has 1 aromatic carbocycles. The molecule has 1 aliphatic rings. The maximum absolute atomic E-state index is 15.2. The Kier molecular flexibility index (Phi) is 6.15. The van der Waals surface area contributed by atoms with Gasteiger partial charge in [0, 0.05) is 27.4 Å². The lowest BCUT2D eigenvalue weighted by Gasteiger charge is -2.24. The van der Waals surface area contributed by atoms with Crippen LogP contribution in [0, 0.1) is 19.7 Å². The number of thiophene rings is 1. The first-order chi connectivity index (χ1) is 16.5. The fourth-order valence-corrected chi connectivity index (χ4v) is 5.82. The van der Waals surface area contributed by atoms with Crippen LogP contribution in [0.5, 0.6) is 0 Å². The van der Waals surface area contributed by atoms with Gasteiger partial charge in [-0.2, -0.15) is 0 Å². The molecule has 0 aliphatic heterocycles. The van der Waals surface area contributed by atoms with E-state index in [1.165, 1.54) is 17.2 Å². The second-order valence-corrected chi connectivity index (χ2v) is 9.56. The number of aromatic nitrogens is 2. The number of carbonyl (C=O) groups is 1. The molecular weight excluding hydrogens is 451 g/mol. The zero-order valence-electron chi connectivity index (χ0n) is 19.0. The van der Waals surface area contributed by atoms with Crippen LogP contribution < -0.4 is 10.6 Å². The van der Waals surface area contributed by atoms with E-state index in [1.807, 2.05) is 26.0 Å². The fraction of sp³-hybridized carbons (Fsp3) is 0.269. The summed E-state index contributed by atoms with van der Waals surface area (Å²) in [6.07, 6.45) is 5.42. The van der Waals surface area contributed by atoms with Crippen molar-refractivity contribution >= 4 is 28.2 Å². The van der Waals surface area contributed by atoms with Crippen LogP contribution in [0.4, 0.5) is 15.3 Å². The van der Waals surface area contributed by atoms with Crippen LogP contribution in [0.2, 0.25) is 0 Å². The number of hydrogen-bond donors (Lipinski definition) is 2. The van der Waals surface area contributed by atoms with Gasteiger partial charge in [-0.1, -0.05) is 18.2 Å². The number of furan rings is 1. The number of hydrogen-bond acceptors (Lipinski definition) is 6. The van der Waals surface area contributed by atoms with Gasteiger partial charge in [0.05, 0.1) is 12.3 Å². The third kappa shape index (κ3) is 4.46. The summed E-state index contributed by atoms with van der Waals surface area (Å²) >= 11 is 1.56. The molecule has 0 fully saturated rings. The average molecular weight is 477 g/mol. The molecule has 0 spiro atoms. The first-order valence-electron chi connectivity index (χ1n) is 11.3. The first-order valence-corrected chi connectivity index (χ1v) is 12.1. The molecule has 0 unspecified atom stereocenters. The highest BCUT2D eigenvalue weighted by molar-refractivity contribution is 7.16. The molecule has 3 aromatic heterocycles. The monoisotopic (exact) mass is 476 g/mol. The van der Waals surface area contributed by atoms with E-state index in [4.69, 9.17) is 4.42 Å². The van der Waals surface area contributed by atoms with E-state index in [1.54, 1.807) is 35.6 Å². The van der Waals surface area contributed by atoms with Gasteiger partial charge in [0.1, 0.15) is 10.8 Å². The molecule has 1 amide bonds. The van der Waals surface area contributed by atoms with Crippen molar-refractivity contribution in [3.8, 4) is 0 Å². The third-order valence-corrected chi connectivity index (χ3v) is 7.17. The van der Waals surface area contributed by atoms with Crippen LogP contribution in [-0.4, -0.2) is 15.9 Å². The van der Waals surface area contributed by atoms with Crippen LogP contribution in [0.3, 0.4) is 0 Å². The average Bonchev–Trinajstić information content (AvgIpc) is 3.46. The second kappa shape index (κ2) is 9.38. The summed E-state index contributed by atoms with van der Waals surface area (Å²) in [5.41, 5.74) is 4.15. The molecule has 1 aliphatic carbocycles. The van der Waals surface area contributed by atoms with E-state index in [0.29, 0.717) is 16.5 Å². The number of benzene rings is 1. The molecule has 0 bridgehead atoms. The van der Waals surface area contributed by atoms with Crippen LogP contribution in [0.1, 0.15) is 62.4 Å². The Morgan fingerprint density at radius 2 is 1.85 bits per heavy atom. The number of aryl methyl sites for hydroxylation is 3. The van der Waals surface area contributed by atoms with E-state index in [2.05, 4.69) is 20.6 Å². The van der Waals surface area contributed by atoms with Gasteiger partial charge < -0.3 is 15.1 Å². The van der Waals surface area contributed by atoms with Gasteiger partial charge in [0.25, 0.3) is 5.91 Å². The van der Waals surface area contributed by atoms with Gasteiger partial charge in [0.2, 0.25) is 5.95 Å². The van der Waals surface area contributed by atoms with Gasteiger partial charge in [0.15, 0.2) is 5.76 Å². The Morgan fingerprint density at radius 3 is 2.59 bits per heavy atom. The van der Waals surface area contributed by atoms with E-state index in [-0.39, 0.29) is 17.5 Å². The highest BCUT2D eigenvalue weighted by atomic mass is 32.1. The quantitative estimate of drug-likeness (QED) is 0.345. The predicted molar refractivity (Wildman–Crippen MR) is 131 cm³/mol. The number of nitrogens with one attached hydrogen (secondary N) is 2. The first kappa shape index (κ1) is 22.3. The van der Waals surface area contributed by atoms with Crippen molar-refractivity contribution in [3.63, 3.8) is 0 Å². The number of carbonyl (C=O) groups excluding carboxylic acids is 1. The maximum Gasteiger partial charge on any atom is 0.291 e. The van der Waals surface area contributed by atoms with Gasteiger partial charge in [-0.3, -0.25) is 4.79 Å². The second-order valence-electron chi connectivity index (χ2n) is 8.46. The van der Waals surface area contributed by atoms with Crippen molar-refractivity contribution in [2.24, 2.45) is 0 Å². The van der Waals surface area contributed by atoms with Crippen LogP contribution in [-0.2, 0) is 12.8 Å². The van der Waals surface area contributed by atoms with E-state index >= 15 is 4.39 Å². The van der Waals surface area contributed by atoms with Crippen molar-refractivity contribution in [2.75, 3.05) is 10.6 Å². The Hall–Kier alpha value is -3.52. The SMILES string of the molecule is Cc1cc(C)nc(N[C@@H](c2ccccc2F)c2c(NC(=O)c3ccco3)sc3c2CCCC3)n1. The van der Waals surface area contributed by atoms with Gasteiger partial charge in [-0.25, -0.2) is 14.4 Å². The number of anilines is 2. The molecule has 34 heavy (non-hydrogen) atoms. The summed E-state index contributed by atoms with van der Waals surface area (Å²) < 4.78 is 20.5. The molecule has 8 heteroatoms. The topological polar surface area (TPSA) is 80.0 Å². The third-order valence-electron chi connectivity index (χ3n) is 5.94. The smallest absolute Gasteiger partial charge is 0.291 e. The van der Waals surface area contributed by atoms with E-state index in [0.717, 1.165) is 48.2 Å². The number of nitrogens with zero attached hydrogens (tertiary/aromatic N) is 2. The van der Waals surface area contributed by atoms with Gasteiger partial charge in [-0.15, -0.1) is 11.3 Å². The number of halogens is 1. The summed E-state index contributed by atoms with van der Waals surface area (Å²) in [6.45, 7) is 3.80. The standard InChI is InChI=1S/C26H25FN4O2S/c1-15-14-16(2)29-26(28-15)30-23(17-8-3-5-10-19(17)27)22-18-9-4-6-12-21(18)34-25(22)31-24(32)20-11-7-13-33-20/h3,5,7-8,10-11,13-14,23H,4,6,9,12H2,1-2H3,(H,31,32)(H,28,29,30)/t23-/m0/s1. The van der Waals surface area contributed by atoms with Crippen molar-refractivity contribution in [3.05, 3.63) is 93.3 Å². The van der Waals surface area contributed by atoms with Gasteiger partial charge in [-0.05, 0) is 69.4 Å². The predicted octanol–water partition coefficient (Wildman–Crippen LogP) is 6.22. The van der Waals surface area contributed by atoms with E-state index in [9.17, 15) is 4.79 Å². The lowest BCUT2D eigenvalue weighted by atomic mass is 9.89. The zero-order chi connectivity index (χ0) is 23.7. The van der Waals surface area contributed by atoms with Crippen LogP contribution >= 0.6 is 11.3 Å². The van der Waals surface area contributed by atoms with Crippen molar-refractivity contribution < 1.29 is 13.6 Å². The van der Waals surface area contributed by atoms with Gasteiger partial charge >= 0.3 is 0 Å². The Balaban J connectivity index is 1.64. The minimum absolute atomic E-state index is 0.227. The summed E-state index contributed by atoms with van der Waals surface area (Å²) in [4.78, 5) is 23.2. The van der Waals surface area contributed by atoms with Crippen molar-refractivity contribution in [2.45, 2.75) is 45.6 Å². The summed E-state index contributed by atoms with van der Waals surface area (Å²) in [5, 5.41) is 7.11. The number of rotatable bonds is 6. The highest BCUT2D eigenvalue weighted by Gasteiger charge is 2.31. The molecule has 5 rings (SSSR count). The fourth-order valence-electron chi connectivity index (χ4n) is 4.50. The zero-order valence-corrected chi connectivity index (χ0v) is 19.8. The summed E-state index contributed by atoms with van der Waals surface area (Å²) in [7, 11) is 0. The van der Waals surface area contributed by atoms with Crippen molar-refractivity contribution in [1.29, 1.82) is 0 Å².